The van der Waals surface area contributed by atoms with Crippen molar-refractivity contribution in [3.8, 4) is 0 Å². The summed E-state index contributed by atoms with van der Waals surface area (Å²) in [5, 5.41) is 3.41. The Hall–Kier alpha value is -2.14. The summed E-state index contributed by atoms with van der Waals surface area (Å²) in [5.41, 5.74) is 1.25. The number of aryl methyl sites for hydroxylation is 1. The Bertz CT molecular complexity index is 621. The summed E-state index contributed by atoms with van der Waals surface area (Å²) in [6.07, 6.45) is 0. The molecule has 1 aliphatic heterocycles. The molecule has 2 aromatic rings. The van der Waals surface area contributed by atoms with Gasteiger partial charge in [-0.05, 0) is 19.0 Å². The van der Waals surface area contributed by atoms with Crippen LogP contribution in [0.4, 0.5) is 11.6 Å². The molecule has 3 rings (SSSR count). The summed E-state index contributed by atoms with van der Waals surface area (Å²) in [4.78, 5) is 14.0. The van der Waals surface area contributed by atoms with Crippen LogP contribution in [0, 0.1) is 6.92 Å². The minimum absolute atomic E-state index is 0.778. The topological polar surface area (TPSA) is 44.3 Å². The van der Waals surface area contributed by atoms with E-state index < -0.39 is 0 Å². The van der Waals surface area contributed by atoms with E-state index in [4.69, 9.17) is 0 Å². The molecule has 1 fully saturated rings. The van der Waals surface area contributed by atoms with Gasteiger partial charge in [0, 0.05) is 38.8 Å². The largest absolute Gasteiger partial charge is 0.366 e. The fourth-order valence-corrected chi connectivity index (χ4v) is 2.89. The quantitative estimate of drug-likeness (QED) is 0.919. The van der Waals surface area contributed by atoms with Crippen LogP contribution in [0.1, 0.15) is 18.3 Å². The minimum Gasteiger partial charge on any atom is -0.366 e. The number of aromatic nitrogens is 2. The zero-order chi connectivity index (χ0) is 16.1. The summed E-state index contributed by atoms with van der Waals surface area (Å²) in [6, 6.07) is 12.4. The van der Waals surface area contributed by atoms with Crippen LogP contribution in [-0.2, 0) is 6.54 Å². The van der Waals surface area contributed by atoms with E-state index >= 15 is 0 Å². The van der Waals surface area contributed by atoms with Gasteiger partial charge in [0.2, 0.25) is 0 Å². The number of rotatable bonds is 5. The third-order valence-electron chi connectivity index (χ3n) is 4.28. The number of nitrogens with zero attached hydrogens (tertiary/aromatic N) is 4. The number of piperazine rings is 1. The van der Waals surface area contributed by atoms with Gasteiger partial charge in [0.25, 0.3) is 0 Å². The smallest absolute Gasteiger partial charge is 0.134 e. The molecule has 1 saturated heterocycles. The number of hydrogen-bond donors (Lipinski definition) is 1. The molecule has 2 heterocycles. The zero-order valence-electron chi connectivity index (χ0n) is 14.0. The van der Waals surface area contributed by atoms with Gasteiger partial charge in [-0.2, -0.15) is 0 Å². The van der Waals surface area contributed by atoms with E-state index in [1.165, 1.54) is 5.56 Å². The van der Waals surface area contributed by atoms with Crippen LogP contribution in [0.5, 0.6) is 0 Å². The molecule has 0 atom stereocenters. The van der Waals surface area contributed by atoms with Crippen molar-refractivity contribution < 1.29 is 0 Å². The number of benzene rings is 1. The first-order valence-electron chi connectivity index (χ1n) is 8.35. The molecule has 1 aromatic heterocycles. The molecule has 0 radical (unpaired) electrons. The highest BCUT2D eigenvalue weighted by Gasteiger charge is 2.17. The van der Waals surface area contributed by atoms with Crippen molar-refractivity contribution in [2.75, 3.05) is 42.9 Å². The molecule has 0 bridgehead atoms. The van der Waals surface area contributed by atoms with Crippen LogP contribution in [0.25, 0.3) is 0 Å². The number of nitrogens with one attached hydrogen (secondary N) is 1. The van der Waals surface area contributed by atoms with Crippen molar-refractivity contribution >= 4 is 11.6 Å². The Kier molecular flexibility index (Phi) is 5.08. The molecule has 0 amide bonds. The molecule has 0 spiro atoms. The van der Waals surface area contributed by atoms with Crippen molar-refractivity contribution in [3.63, 3.8) is 0 Å². The lowest BCUT2D eigenvalue weighted by Crippen LogP contribution is -2.46. The second-order valence-corrected chi connectivity index (χ2v) is 5.92. The first-order chi connectivity index (χ1) is 11.2. The van der Waals surface area contributed by atoms with E-state index in [1.807, 2.05) is 13.0 Å². The second kappa shape index (κ2) is 7.42. The van der Waals surface area contributed by atoms with Crippen LogP contribution in [0.2, 0.25) is 0 Å². The van der Waals surface area contributed by atoms with Gasteiger partial charge in [0.05, 0.1) is 0 Å². The highest BCUT2D eigenvalue weighted by molar-refractivity contribution is 5.50. The van der Waals surface area contributed by atoms with Crippen LogP contribution in [-0.4, -0.2) is 47.6 Å². The van der Waals surface area contributed by atoms with Crippen LogP contribution < -0.4 is 10.2 Å². The maximum absolute atomic E-state index is 4.62. The second-order valence-electron chi connectivity index (χ2n) is 5.92. The molecular formula is C18H25N5. The van der Waals surface area contributed by atoms with Crippen molar-refractivity contribution in [2.24, 2.45) is 0 Å². The Morgan fingerprint density at radius 3 is 2.48 bits per heavy atom. The highest BCUT2D eigenvalue weighted by Crippen LogP contribution is 2.18. The van der Waals surface area contributed by atoms with Crippen LogP contribution in [0.15, 0.2) is 36.4 Å². The van der Waals surface area contributed by atoms with Crippen molar-refractivity contribution in [1.82, 2.24) is 14.9 Å². The Balaban J connectivity index is 1.67. The Morgan fingerprint density at radius 2 is 1.78 bits per heavy atom. The van der Waals surface area contributed by atoms with Gasteiger partial charge < -0.3 is 15.1 Å². The van der Waals surface area contributed by atoms with Crippen LogP contribution >= 0.6 is 0 Å². The van der Waals surface area contributed by atoms with E-state index in [0.29, 0.717) is 0 Å². The van der Waals surface area contributed by atoms with Gasteiger partial charge in [-0.1, -0.05) is 37.3 Å². The fourth-order valence-electron chi connectivity index (χ4n) is 2.89. The third kappa shape index (κ3) is 4.20. The summed E-state index contributed by atoms with van der Waals surface area (Å²) in [5.74, 6) is 2.74. The van der Waals surface area contributed by atoms with Gasteiger partial charge in [-0.15, -0.1) is 0 Å². The van der Waals surface area contributed by atoms with Gasteiger partial charge >= 0.3 is 0 Å². The molecule has 1 aliphatic rings. The fraction of sp³-hybridized carbons (Fsp3) is 0.444. The van der Waals surface area contributed by atoms with E-state index in [0.717, 1.165) is 56.7 Å². The molecule has 1 aromatic carbocycles. The molecular weight excluding hydrogens is 286 g/mol. The molecule has 1 N–H and O–H groups in total. The van der Waals surface area contributed by atoms with Crippen molar-refractivity contribution in [3.05, 3.63) is 47.8 Å². The molecule has 0 unspecified atom stereocenters. The molecule has 0 saturated carbocycles. The average Bonchev–Trinajstić information content (AvgIpc) is 2.60. The van der Waals surface area contributed by atoms with Gasteiger partial charge in [0.1, 0.15) is 17.5 Å². The lowest BCUT2D eigenvalue weighted by atomic mass is 10.2. The predicted octanol–water partition coefficient (Wildman–Crippen LogP) is 2.54. The predicted molar refractivity (Wildman–Crippen MR) is 94.9 cm³/mol. The normalized spacial score (nSPS) is 15.7. The van der Waals surface area contributed by atoms with E-state index in [1.54, 1.807) is 0 Å². The Morgan fingerprint density at radius 1 is 1.04 bits per heavy atom. The van der Waals surface area contributed by atoms with Gasteiger partial charge in [-0.25, -0.2) is 9.97 Å². The molecule has 23 heavy (non-hydrogen) atoms. The van der Waals surface area contributed by atoms with Crippen molar-refractivity contribution in [1.29, 1.82) is 0 Å². The zero-order valence-corrected chi connectivity index (χ0v) is 14.0. The molecule has 0 aliphatic carbocycles. The summed E-state index contributed by atoms with van der Waals surface area (Å²) >= 11 is 0. The first kappa shape index (κ1) is 15.7. The van der Waals surface area contributed by atoms with E-state index in [-0.39, 0.29) is 0 Å². The van der Waals surface area contributed by atoms with Gasteiger partial charge in [0.15, 0.2) is 0 Å². The highest BCUT2D eigenvalue weighted by atomic mass is 15.3. The van der Waals surface area contributed by atoms with E-state index in [9.17, 15) is 0 Å². The molecule has 122 valence electrons. The lowest BCUT2D eigenvalue weighted by molar-refractivity contribution is 0.270. The lowest BCUT2D eigenvalue weighted by Gasteiger charge is -2.34. The molecule has 5 nitrogen and oxygen atoms in total. The minimum atomic E-state index is 0.778. The summed E-state index contributed by atoms with van der Waals surface area (Å²) < 4.78 is 0. The van der Waals surface area contributed by atoms with Crippen molar-refractivity contribution in [2.45, 2.75) is 20.4 Å². The SMILES string of the molecule is CCN1CCN(c2cc(NCc3ccccc3)nc(C)n2)CC1. The number of hydrogen-bond acceptors (Lipinski definition) is 5. The maximum atomic E-state index is 4.62. The molecule has 5 heteroatoms. The number of likely N-dealkylation sites (N-methyl/N-ethyl adjacent to an activating group) is 1. The summed E-state index contributed by atoms with van der Waals surface area (Å²) in [7, 11) is 0. The van der Waals surface area contributed by atoms with Crippen LogP contribution in [0.3, 0.4) is 0 Å². The number of anilines is 2. The summed E-state index contributed by atoms with van der Waals surface area (Å²) in [6.45, 7) is 10.3. The average molecular weight is 311 g/mol. The Labute approximate surface area is 138 Å². The maximum Gasteiger partial charge on any atom is 0.134 e. The van der Waals surface area contributed by atoms with E-state index in [2.05, 4.69) is 62.3 Å². The third-order valence-corrected chi connectivity index (χ3v) is 4.28. The van der Waals surface area contributed by atoms with Gasteiger partial charge in [-0.3, -0.25) is 0 Å². The standard InChI is InChI=1S/C18H25N5/c1-3-22-9-11-23(12-10-22)18-13-17(20-15(2)21-18)19-14-16-7-5-4-6-8-16/h4-8,13H,3,9-12,14H2,1-2H3,(H,19,20,21). The first-order valence-corrected chi connectivity index (χ1v) is 8.35. The monoisotopic (exact) mass is 311 g/mol.